The Labute approximate surface area is 138 Å². The zero-order valence-corrected chi connectivity index (χ0v) is 13.6. The van der Waals surface area contributed by atoms with Crippen molar-refractivity contribution >= 4 is 5.91 Å². The molecule has 2 rings (SSSR count). The first-order valence-corrected chi connectivity index (χ1v) is 7.58. The second kappa shape index (κ2) is 7.80. The van der Waals surface area contributed by atoms with Gasteiger partial charge >= 0.3 is 6.18 Å². The predicted molar refractivity (Wildman–Crippen MR) is 82.0 cm³/mol. The lowest BCUT2D eigenvalue weighted by Crippen LogP contribution is -2.54. The molecule has 1 amide bonds. The number of halogens is 3. The van der Waals surface area contributed by atoms with Crippen LogP contribution in [0, 0.1) is 0 Å². The van der Waals surface area contributed by atoms with E-state index in [-0.39, 0.29) is 17.6 Å². The van der Waals surface area contributed by atoms with Gasteiger partial charge in [-0.25, -0.2) is 4.98 Å². The van der Waals surface area contributed by atoms with Crippen LogP contribution in [0.1, 0.15) is 10.5 Å². The summed E-state index contributed by atoms with van der Waals surface area (Å²) in [6, 6.07) is 4.34. The molecule has 0 spiro atoms. The number of alkyl halides is 3. The summed E-state index contributed by atoms with van der Waals surface area (Å²) in [4.78, 5) is 20.3. The highest BCUT2D eigenvalue weighted by Gasteiger charge is 2.29. The number of rotatable bonds is 5. The number of ether oxygens (including phenoxy) is 1. The zero-order valence-electron chi connectivity index (χ0n) is 13.6. The maximum Gasteiger partial charge on any atom is 0.422 e. The molecule has 2 heterocycles. The van der Waals surface area contributed by atoms with Crippen LogP contribution in [-0.4, -0.2) is 79.8 Å². The first-order valence-electron chi connectivity index (χ1n) is 7.58. The fourth-order valence-electron chi connectivity index (χ4n) is 2.40. The fraction of sp³-hybridized carbons (Fsp3) is 0.600. The molecule has 1 N–H and O–H groups in total. The van der Waals surface area contributed by atoms with Gasteiger partial charge in [-0.05, 0) is 20.2 Å². The number of nitrogens with one attached hydrogen (secondary N) is 1. The number of pyridine rings is 1. The molecule has 0 aliphatic carbocycles. The topological polar surface area (TPSA) is 57.7 Å². The van der Waals surface area contributed by atoms with Gasteiger partial charge in [0.2, 0.25) is 5.88 Å². The highest BCUT2D eigenvalue weighted by atomic mass is 19.4. The molecule has 1 aliphatic heterocycles. The Hall–Kier alpha value is -1.87. The summed E-state index contributed by atoms with van der Waals surface area (Å²) in [5, 5.41) is 2.77. The van der Waals surface area contributed by atoms with Crippen molar-refractivity contribution in [3.8, 4) is 5.88 Å². The molecule has 0 bridgehead atoms. The van der Waals surface area contributed by atoms with Crippen molar-refractivity contribution in [2.75, 3.05) is 46.9 Å². The summed E-state index contributed by atoms with van der Waals surface area (Å²) < 4.78 is 41.0. The predicted octanol–water partition coefficient (Wildman–Crippen LogP) is 0.998. The average Bonchev–Trinajstić information content (AvgIpc) is 2.53. The lowest BCUT2D eigenvalue weighted by atomic mass is 10.2. The third-order valence-corrected chi connectivity index (χ3v) is 3.82. The quantitative estimate of drug-likeness (QED) is 0.862. The van der Waals surface area contributed by atoms with E-state index in [4.69, 9.17) is 0 Å². The minimum absolute atomic E-state index is 0.0292. The standard InChI is InChI=1S/C15H21F3N4O2/c1-21-6-7-22(2)11(9-21)8-19-14(23)12-4-3-5-13(20-12)24-10-15(16,17)18/h3-5,11H,6-10H2,1-2H3,(H,19,23)/t11-/m0/s1. The Morgan fingerprint density at radius 1 is 1.38 bits per heavy atom. The van der Waals surface area contributed by atoms with Gasteiger partial charge in [0.15, 0.2) is 6.61 Å². The van der Waals surface area contributed by atoms with Gasteiger partial charge in [0.05, 0.1) is 0 Å². The summed E-state index contributed by atoms with van der Waals surface area (Å²) >= 11 is 0. The molecule has 1 fully saturated rings. The van der Waals surface area contributed by atoms with E-state index in [0.717, 1.165) is 19.6 Å². The van der Waals surface area contributed by atoms with Crippen LogP contribution in [0.2, 0.25) is 0 Å². The van der Waals surface area contributed by atoms with E-state index < -0.39 is 18.7 Å². The van der Waals surface area contributed by atoms with Crippen molar-refractivity contribution in [1.82, 2.24) is 20.1 Å². The number of nitrogens with zero attached hydrogens (tertiary/aromatic N) is 3. The summed E-state index contributed by atoms with van der Waals surface area (Å²) in [5.74, 6) is -0.663. The highest BCUT2D eigenvalue weighted by Crippen LogP contribution is 2.17. The number of likely N-dealkylation sites (N-methyl/N-ethyl adjacent to an activating group) is 2. The lowest BCUT2D eigenvalue weighted by molar-refractivity contribution is -0.154. The molecule has 1 atom stereocenters. The van der Waals surface area contributed by atoms with E-state index in [1.807, 2.05) is 14.1 Å². The normalized spacial score (nSPS) is 20.0. The van der Waals surface area contributed by atoms with Crippen molar-refractivity contribution in [1.29, 1.82) is 0 Å². The molecular formula is C15H21F3N4O2. The Bertz CT molecular complexity index is 568. The molecule has 1 aliphatic rings. The maximum atomic E-state index is 12.2. The van der Waals surface area contributed by atoms with Gasteiger partial charge in [-0.1, -0.05) is 6.07 Å². The first-order chi connectivity index (χ1) is 11.2. The molecule has 6 nitrogen and oxygen atoms in total. The van der Waals surface area contributed by atoms with Gasteiger partial charge in [-0.3, -0.25) is 9.69 Å². The molecule has 0 aromatic carbocycles. The van der Waals surface area contributed by atoms with Crippen LogP contribution < -0.4 is 10.1 Å². The van der Waals surface area contributed by atoms with E-state index in [2.05, 4.69) is 24.8 Å². The van der Waals surface area contributed by atoms with Crippen molar-refractivity contribution in [2.24, 2.45) is 0 Å². The largest absolute Gasteiger partial charge is 0.468 e. The van der Waals surface area contributed by atoms with Gasteiger partial charge in [0.25, 0.3) is 5.91 Å². The summed E-state index contributed by atoms with van der Waals surface area (Å²) in [6.07, 6.45) is -4.45. The van der Waals surface area contributed by atoms with Crippen molar-refractivity contribution in [3.63, 3.8) is 0 Å². The van der Waals surface area contributed by atoms with Gasteiger partial charge in [0.1, 0.15) is 5.69 Å². The molecule has 134 valence electrons. The van der Waals surface area contributed by atoms with Crippen molar-refractivity contribution < 1.29 is 22.7 Å². The van der Waals surface area contributed by atoms with Crippen molar-refractivity contribution in [3.05, 3.63) is 23.9 Å². The summed E-state index contributed by atoms with van der Waals surface area (Å²) in [5.41, 5.74) is 0.0292. The number of hydrogen-bond donors (Lipinski definition) is 1. The minimum atomic E-state index is -4.45. The maximum absolute atomic E-state index is 12.2. The number of aromatic nitrogens is 1. The van der Waals surface area contributed by atoms with Crippen molar-refractivity contribution in [2.45, 2.75) is 12.2 Å². The Kier molecular flexibility index (Phi) is 6.00. The Morgan fingerprint density at radius 3 is 2.83 bits per heavy atom. The SMILES string of the molecule is CN1CCN(C)[C@@H](CNC(=O)c2cccc(OCC(F)(F)F)n2)C1. The molecule has 9 heteroatoms. The number of piperazine rings is 1. The molecule has 0 saturated carbocycles. The van der Waals surface area contributed by atoms with E-state index >= 15 is 0 Å². The lowest BCUT2D eigenvalue weighted by Gasteiger charge is -2.37. The number of amides is 1. The van der Waals surface area contributed by atoms with Crippen LogP contribution in [-0.2, 0) is 0 Å². The first kappa shape index (κ1) is 18.5. The second-order valence-corrected chi connectivity index (χ2v) is 5.87. The van der Waals surface area contributed by atoms with E-state index in [9.17, 15) is 18.0 Å². The number of carbonyl (C=O) groups is 1. The summed E-state index contributed by atoms with van der Waals surface area (Å²) in [7, 11) is 4.01. The number of hydrogen-bond acceptors (Lipinski definition) is 5. The van der Waals surface area contributed by atoms with Gasteiger partial charge in [-0.15, -0.1) is 0 Å². The smallest absolute Gasteiger partial charge is 0.422 e. The van der Waals surface area contributed by atoms with Crippen LogP contribution >= 0.6 is 0 Å². The van der Waals surface area contributed by atoms with Crippen LogP contribution in [0.4, 0.5) is 13.2 Å². The van der Waals surface area contributed by atoms with E-state index in [1.165, 1.54) is 18.2 Å². The third kappa shape index (κ3) is 5.64. The highest BCUT2D eigenvalue weighted by molar-refractivity contribution is 5.92. The Morgan fingerprint density at radius 2 is 2.12 bits per heavy atom. The van der Waals surface area contributed by atoms with Crippen LogP contribution in [0.25, 0.3) is 0 Å². The minimum Gasteiger partial charge on any atom is -0.468 e. The molecule has 0 unspecified atom stereocenters. The molecule has 1 saturated heterocycles. The summed E-state index contributed by atoms with van der Waals surface area (Å²) in [6.45, 7) is 1.72. The van der Waals surface area contributed by atoms with Crippen LogP contribution in [0.3, 0.4) is 0 Å². The van der Waals surface area contributed by atoms with Gasteiger partial charge in [-0.2, -0.15) is 13.2 Å². The van der Waals surface area contributed by atoms with E-state index in [0.29, 0.717) is 6.54 Å². The third-order valence-electron chi connectivity index (χ3n) is 3.82. The monoisotopic (exact) mass is 346 g/mol. The molecule has 1 aromatic rings. The average molecular weight is 346 g/mol. The molecule has 0 radical (unpaired) electrons. The fourth-order valence-corrected chi connectivity index (χ4v) is 2.40. The Balaban J connectivity index is 1.90. The number of carbonyl (C=O) groups excluding carboxylic acids is 1. The van der Waals surface area contributed by atoms with Crippen LogP contribution in [0.15, 0.2) is 18.2 Å². The molecule has 1 aromatic heterocycles. The zero-order chi connectivity index (χ0) is 17.7. The molecular weight excluding hydrogens is 325 g/mol. The van der Waals surface area contributed by atoms with Crippen LogP contribution in [0.5, 0.6) is 5.88 Å². The molecule has 24 heavy (non-hydrogen) atoms. The van der Waals surface area contributed by atoms with Gasteiger partial charge < -0.3 is 15.0 Å². The second-order valence-electron chi connectivity index (χ2n) is 5.87. The van der Waals surface area contributed by atoms with Gasteiger partial charge in [0, 0.05) is 38.3 Å². The van der Waals surface area contributed by atoms with E-state index in [1.54, 1.807) is 0 Å².